The highest BCUT2D eigenvalue weighted by Gasteiger charge is 2.12. The molecule has 0 spiro atoms. The van der Waals surface area contributed by atoms with Gasteiger partial charge >= 0.3 is 6.16 Å². The van der Waals surface area contributed by atoms with E-state index in [0.717, 1.165) is 24.8 Å². The van der Waals surface area contributed by atoms with Gasteiger partial charge in [0.2, 0.25) is 0 Å². The maximum atomic E-state index is 10.9. The van der Waals surface area contributed by atoms with Crippen LogP contribution in [0.3, 0.4) is 0 Å². The first-order chi connectivity index (χ1) is 11.7. The van der Waals surface area contributed by atoms with Crippen molar-refractivity contribution in [2.45, 2.75) is 90.9 Å². The van der Waals surface area contributed by atoms with Crippen molar-refractivity contribution >= 4 is 6.16 Å². The molecule has 0 aromatic heterocycles. The topological polar surface area (TPSA) is 46.5 Å². The zero-order valence-electron chi connectivity index (χ0n) is 15.5. The third-order valence-corrected chi connectivity index (χ3v) is 4.51. The minimum atomic E-state index is -1.22. The summed E-state index contributed by atoms with van der Waals surface area (Å²) in [6, 6.07) is 5.84. The lowest BCUT2D eigenvalue weighted by Gasteiger charge is -2.14. The Labute approximate surface area is 147 Å². The van der Waals surface area contributed by atoms with E-state index in [9.17, 15) is 4.79 Å². The Kier molecular flexibility index (Phi) is 11.0. The van der Waals surface area contributed by atoms with Crippen LogP contribution in [0.5, 0.6) is 5.75 Å². The van der Waals surface area contributed by atoms with Gasteiger partial charge in [-0.15, -0.1) is 0 Å². The number of unbranched alkanes of at least 4 members (excludes halogenated alkanes) is 8. The van der Waals surface area contributed by atoms with Gasteiger partial charge in [0.05, 0.1) is 0 Å². The van der Waals surface area contributed by atoms with Gasteiger partial charge in [-0.3, -0.25) is 0 Å². The van der Waals surface area contributed by atoms with Crippen molar-refractivity contribution in [3.8, 4) is 5.75 Å². The molecule has 0 aliphatic carbocycles. The highest BCUT2D eigenvalue weighted by Crippen LogP contribution is 2.27. The molecule has 0 bridgehead atoms. The van der Waals surface area contributed by atoms with Crippen molar-refractivity contribution in [3.05, 3.63) is 29.3 Å². The molecular formula is C21H34O3. The van der Waals surface area contributed by atoms with Crippen molar-refractivity contribution in [1.82, 2.24) is 0 Å². The molecule has 3 heteroatoms. The van der Waals surface area contributed by atoms with Gasteiger partial charge in [-0.25, -0.2) is 4.79 Å². The van der Waals surface area contributed by atoms with Gasteiger partial charge in [-0.1, -0.05) is 77.3 Å². The Morgan fingerprint density at radius 3 is 2.12 bits per heavy atom. The maximum absolute atomic E-state index is 10.9. The van der Waals surface area contributed by atoms with Crippen molar-refractivity contribution in [1.29, 1.82) is 0 Å². The molecule has 3 nitrogen and oxygen atoms in total. The molecule has 1 rings (SSSR count). The average Bonchev–Trinajstić information content (AvgIpc) is 2.56. The fourth-order valence-electron chi connectivity index (χ4n) is 3.14. The quantitative estimate of drug-likeness (QED) is 0.246. The summed E-state index contributed by atoms with van der Waals surface area (Å²) in [4.78, 5) is 10.9. The highest BCUT2D eigenvalue weighted by molar-refractivity contribution is 5.62. The smallest absolute Gasteiger partial charge is 0.449 e. The molecule has 24 heavy (non-hydrogen) atoms. The number of rotatable bonds is 13. The van der Waals surface area contributed by atoms with Crippen molar-refractivity contribution in [2.75, 3.05) is 0 Å². The zero-order valence-corrected chi connectivity index (χ0v) is 15.5. The van der Waals surface area contributed by atoms with Crippen LogP contribution in [0.2, 0.25) is 0 Å². The van der Waals surface area contributed by atoms with Crippen LogP contribution in [0.4, 0.5) is 4.79 Å². The maximum Gasteiger partial charge on any atom is 0.511 e. The second kappa shape index (κ2) is 12.9. The molecule has 0 saturated heterocycles. The average molecular weight is 335 g/mol. The van der Waals surface area contributed by atoms with E-state index in [4.69, 9.17) is 9.84 Å². The summed E-state index contributed by atoms with van der Waals surface area (Å²) in [7, 11) is 0. The lowest BCUT2D eigenvalue weighted by atomic mass is 9.95. The minimum Gasteiger partial charge on any atom is -0.449 e. The summed E-state index contributed by atoms with van der Waals surface area (Å²) >= 11 is 0. The van der Waals surface area contributed by atoms with Gasteiger partial charge in [0.1, 0.15) is 5.75 Å². The van der Waals surface area contributed by atoms with Gasteiger partial charge in [0.15, 0.2) is 0 Å². The second-order valence-corrected chi connectivity index (χ2v) is 6.59. The number of benzene rings is 1. The highest BCUT2D eigenvalue weighted by atomic mass is 16.7. The summed E-state index contributed by atoms with van der Waals surface area (Å²) in [5.41, 5.74) is 2.37. The van der Waals surface area contributed by atoms with Crippen LogP contribution in [0.25, 0.3) is 0 Å². The lowest BCUT2D eigenvalue weighted by Crippen LogP contribution is -2.07. The summed E-state index contributed by atoms with van der Waals surface area (Å²) < 4.78 is 5.02. The number of aryl methyl sites for hydroxylation is 1. The fraction of sp³-hybridized carbons (Fsp3) is 0.667. The zero-order chi connectivity index (χ0) is 17.6. The first-order valence-corrected chi connectivity index (χ1v) is 9.70. The first-order valence-electron chi connectivity index (χ1n) is 9.70. The molecule has 1 aromatic carbocycles. The summed E-state index contributed by atoms with van der Waals surface area (Å²) in [5, 5.41) is 8.97. The normalized spacial score (nSPS) is 10.8. The third-order valence-electron chi connectivity index (χ3n) is 4.51. The van der Waals surface area contributed by atoms with E-state index in [1.165, 1.54) is 63.4 Å². The predicted octanol–water partition coefficient (Wildman–Crippen LogP) is 6.77. The Morgan fingerprint density at radius 2 is 1.46 bits per heavy atom. The number of hydrogen-bond donors (Lipinski definition) is 1. The summed E-state index contributed by atoms with van der Waals surface area (Å²) in [6.07, 6.45) is 13.1. The van der Waals surface area contributed by atoms with E-state index in [1.807, 2.05) is 6.07 Å². The van der Waals surface area contributed by atoms with Gasteiger partial charge in [0.25, 0.3) is 0 Å². The predicted molar refractivity (Wildman–Crippen MR) is 100 cm³/mol. The van der Waals surface area contributed by atoms with Crippen molar-refractivity contribution < 1.29 is 14.6 Å². The van der Waals surface area contributed by atoms with Crippen LogP contribution in [0.1, 0.15) is 89.2 Å². The van der Waals surface area contributed by atoms with Crippen LogP contribution < -0.4 is 4.74 Å². The van der Waals surface area contributed by atoms with Crippen molar-refractivity contribution in [2.24, 2.45) is 0 Å². The number of carboxylic acid groups (broad SMARTS) is 1. The minimum absolute atomic E-state index is 0.530. The van der Waals surface area contributed by atoms with Gasteiger partial charge < -0.3 is 9.84 Å². The van der Waals surface area contributed by atoms with E-state index >= 15 is 0 Å². The second-order valence-electron chi connectivity index (χ2n) is 6.59. The van der Waals surface area contributed by atoms with Crippen LogP contribution in [-0.4, -0.2) is 11.3 Å². The molecule has 0 radical (unpaired) electrons. The van der Waals surface area contributed by atoms with Gasteiger partial charge in [-0.2, -0.15) is 0 Å². The molecule has 1 N–H and O–H groups in total. The molecular weight excluding hydrogens is 300 g/mol. The molecule has 0 aliphatic heterocycles. The third kappa shape index (κ3) is 8.37. The van der Waals surface area contributed by atoms with E-state index in [-0.39, 0.29) is 0 Å². The summed E-state index contributed by atoms with van der Waals surface area (Å²) in [5.74, 6) is 0.530. The van der Waals surface area contributed by atoms with Crippen LogP contribution >= 0.6 is 0 Å². The SMILES string of the molecule is CCCCCCCCc1cccc(OC(=O)O)c1CCCCCC. The Balaban J connectivity index is 2.64. The Hall–Kier alpha value is -1.51. The van der Waals surface area contributed by atoms with Gasteiger partial charge in [-0.05, 0) is 42.9 Å². The number of carbonyl (C=O) groups is 1. The van der Waals surface area contributed by atoms with Crippen LogP contribution in [0.15, 0.2) is 18.2 Å². The Morgan fingerprint density at radius 1 is 0.875 bits per heavy atom. The molecule has 136 valence electrons. The van der Waals surface area contributed by atoms with E-state index < -0.39 is 6.16 Å². The molecule has 1 aromatic rings. The van der Waals surface area contributed by atoms with Crippen LogP contribution in [0, 0.1) is 0 Å². The van der Waals surface area contributed by atoms with Crippen LogP contribution in [-0.2, 0) is 12.8 Å². The van der Waals surface area contributed by atoms with E-state index in [2.05, 4.69) is 19.9 Å². The monoisotopic (exact) mass is 334 g/mol. The van der Waals surface area contributed by atoms with Crippen molar-refractivity contribution in [3.63, 3.8) is 0 Å². The Bertz CT molecular complexity index is 468. The molecule has 0 unspecified atom stereocenters. The molecule has 0 aliphatic rings. The molecule has 0 heterocycles. The van der Waals surface area contributed by atoms with Gasteiger partial charge in [0, 0.05) is 0 Å². The molecule has 0 amide bonds. The lowest BCUT2D eigenvalue weighted by molar-refractivity contribution is 0.144. The fourth-order valence-corrected chi connectivity index (χ4v) is 3.14. The van der Waals surface area contributed by atoms with E-state index in [1.54, 1.807) is 6.07 Å². The largest absolute Gasteiger partial charge is 0.511 e. The molecule has 0 saturated carbocycles. The number of ether oxygens (including phenoxy) is 1. The first kappa shape index (κ1) is 20.5. The molecule has 0 fully saturated rings. The number of hydrogen-bond acceptors (Lipinski definition) is 2. The molecule has 0 atom stereocenters. The standard InChI is InChI=1S/C21H34O3/c1-3-5-7-9-10-11-14-18-15-13-17-20(24-21(22)23)19(18)16-12-8-6-4-2/h13,15,17H,3-12,14,16H2,1-2H3,(H,22,23). The van der Waals surface area contributed by atoms with E-state index in [0.29, 0.717) is 5.75 Å². The summed E-state index contributed by atoms with van der Waals surface area (Å²) in [6.45, 7) is 4.43.